The molecule has 0 saturated heterocycles. The smallest absolute Gasteiger partial charge is 0.173 e. The largest absolute Gasteiger partial charge is 0.457 e. The van der Waals surface area contributed by atoms with Crippen LogP contribution < -0.4 is 10.5 Å². The van der Waals surface area contributed by atoms with Crippen molar-refractivity contribution in [2.24, 2.45) is 10.9 Å². The second-order valence-electron chi connectivity index (χ2n) is 4.03. The Bertz CT molecular complexity index is 644. The highest BCUT2D eigenvalue weighted by molar-refractivity contribution is 6.30. The monoisotopic (exact) mass is 292 g/mol. The molecule has 0 fully saturated rings. The van der Waals surface area contributed by atoms with E-state index in [4.69, 9.17) is 32.4 Å². The van der Waals surface area contributed by atoms with Gasteiger partial charge < -0.3 is 20.8 Å². The van der Waals surface area contributed by atoms with Crippen molar-refractivity contribution in [2.75, 3.05) is 0 Å². The number of hydrogen-bond donors (Lipinski definition) is 3. The number of aliphatic hydroxyl groups is 1. The van der Waals surface area contributed by atoms with E-state index in [1.165, 1.54) is 0 Å². The Hall–Kier alpha value is -2.24. The van der Waals surface area contributed by atoms with Crippen LogP contribution in [0.4, 0.5) is 0 Å². The molecule has 0 amide bonds. The van der Waals surface area contributed by atoms with Crippen LogP contribution in [0.15, 0.2) is 47.6 Å². The first-order valence-electron chi connectivity index (χ1n) is 5.79. The van der Waals surface area contributed by atoms with Crippen LogP contribution in [0.5, 0.6) is 11.5 Å². The number of oxime groups is 1. The molecule has 0 aliphatic heterocycles. The van der Waals surface area contributed by atoms with E-state index in [1.54, 1.807) is 42.5 Å². The molecule has 2 rings (SSSR count). The molecule has 2 aromatic carbocycles. The lowest BCUT2D eigenvalue weighted by atomic mass is 10.2. The number of nitrogens with zero attached hydrogens (tertiary/aromatic N) is 1. The molecule has 6 heteroatoms. The zero-order chi connectivity index (χ0) is 14.5. The second kappa shape index (κ2) is 6.27. The molecule has 0 spiro atoms. The highest BCUT2D eigenvalue weighted by Crippen LogP contribution is 2.28. The quantitative estimate of drug-likeness (QED) is 0.350. The number of ether oxygens (including phenoxy) is 1. The highest BCUT2D eigenvalue weighted by atomic mass is 35.5. The Balaban J connectivity index is 2.39. The molecule has 2 aromatic rings. The van der Waals surface area contributed by atoms with Gasteiger partial charge in [-0.05, 0) is 29.8 Å². The fourth-order valence-electron chi connectivity index (χ4n) is 1.68. The maximum Gasteiger partial charge on any atom is 0.173 e. The third-order valence-corrected chi connectivity index (χ3v) is 2.87. The number of rotatable bonds is 4. The van der Waals surface area contributed by atoms with Crippen LogP contribution in [0, 0.1) is 0 Å². The van der Waals surface area contributed by atoms with E-state index in [0.717, 1.165) is 5.56 Å². The number of halogens is 1. The summed E-state index contributed by atoms with van der Waals surface area (Å²) in [6, 6.07) is 11.7. The summed E-state index contributed by atoms with van der Waals surface area (Å²) in [6.07, 6.45) is 0. The van der Waals surface area contributed by atoms with Crippen molar-refractivity contribution in [1.29, 1.82) is 0 Å². The number of hydrogen-bond acceptors (Lipinski definition) is 4. The SMILES string of the molecule is NC(=NO)c1ccc(Cl)cc1Oc1cccc(CO)c1. The predicted molar refractivity (Wildman–Crippen MR) is 76.4 cm³/mol. The minimum atomic E-state index is -0.0835. The molecular formula is C14H13ClN2O3. The van der Waals surface area contributed by atoms with Crippen LogP contribution in [0.25, 0.3) is 0 Å². The summed E-state index contributed by atoms with van der Waals surface area (Å²) < 4.78 is 5.69. The summed E-state index contributed by atoms with van der Waals surface area (Å²) in [6.45, 7) is -0.0835. The Morgan fingerprint density at radius 3 is 2.75 bits per heavy atom. The third kappa shape index (κ3) is 3.20. The number of amidine groups is 1. The van der Waals surface area contributed by atoms with Gasteiger partial charge in [0, 0.05) is 11.1 Å². The fourth-order valence-corrected chi connectivity index (χ4v) is 1.84. The van der Waals surface area contributed by atoms with Crippen LogP contribution in [0.2, 0.25) is 5.02 Å². The van der Waals surface area contributed by atoms with Gasteiger partial charge in [0.05, 0.1) is 12.2 Å². The van der Waals surface area contributed by atoms with E-state index in [0.29, 0.717) is 22.1 Å². The van der Waals surface area contributed by atoms with Gasteiger partial charge in [-0.2, -0.15) is 0 Å². The van der Waals surface area contributed by atoms with E-state index in [9.17, 15) is 0 Å². The average Bonchev–Trinajstić information content (AvgIpc) is 2.47. The summed E-state index contributed by atoms with van der Waals surface area (Å²) in [7, 11) is 0. The van der Waals surface area contributed by atoms with Crippen molar-refractivity contribution in [2.45, 2.75) is 6.61 Å². The van der Waals surface area contributed by atoms with Gasteiger partial charge in [-0.25, -0.2) is 0 Å². The molecule has 0 aliphatic rings. The highest BCUT2D eigenvalue weighted by Gasteiger charge is 2.10. The van der Waals surface area contributed by atoms with Gasteiger partial charge in [-0.1, -0.05) is 28.9 Å². The van der Waals surface area contributed by atoms with Crippen LogP contribution in [0.3, 0.4) is 0 Å². The molecule has 104 valence electrons. The Morgan fingerprint density at radius 1 is 1.25 bits per heavy atom. The van der Waals surface area contributed by atoms with E-state index >= 15 is 0 Å². The van der Waals surface area contributed by atoms with E-state index in [1.807, 2.05) is 0 Å². The molecule has 0 aromatic heterocycles. The van der Waals surface area contributed by atoms with E-state index in [-0.39, 0.29) is 12.4 Å². The van der Waals surface area contributed by atoms with Gasteiger partial charge in [0.2, 0.25) is 0 Å². The van der Waals surface area contributed by atoms with Gasteiger partial charge in [0.25, 0.3) is 0 Å². The topological polar surface area (TPSA) is 88.1 Å². The maximum atomic E-state index is 9.10. The molecule has 0 bridgehead atoms. The molecule has 0 aliphatic carbocycles. The maximum absolute atomic E-state index is 9.10. The zero-order valence-electron chi connectivity index (χ0n) is 10.5. The third-order valence-electron chi connectivity index (χ3n) is 2.64. The lowest BCUT2D eigenvalue weighted by Gasteiger charge is -2.11. The first-order chi connectivity index (χ1) is 9.63. The number of benzene rings is 2. The molecular weight excluding hydrogens is 280 g/mol. The van der Waals surface area contributed by atoms with Crippen molar-refractivity contribution < 1.29 is 15.1 Å². The molecule has 0 atom stereocenters. The molecule has 0 unspecified atom stereocenters. The predicted octanol–water partition coefficient (Wildman–Crippen LogP) is 2.72. The fraction of sp³-hybridized carbons (Fsp3) is 0.0714. The van der Waals surface area contributed by atoms with Gasteiger partial charge >= 0.3 is 0 Å². The van der Waals surface area contributed by atoms with Crippen molar-refractivity contribution >= 4 is 17.4 Å². The molecule has 0 saturated carbocycles. The summed E-state index contributed by atoms with van der Waals surface area (Å²) in [5.41, 5.74) is 6.73. The summed E-state index contributed by atoms with van der Waals surface area (Å²) in [4.78, 5) is 0. The standard InChI is InChI=1S/C14H13ClN2O3/c15-10-4-5-12(14(16)17-19)13(7-10)20-11-3-1-2-9(6-11)8-18/h1-7,18-19H,8H2,(H2,16,17). The van der Waals surface area contributed by atoms with Gasteiger partial charge in [-0.15, -0.1) is 0 Å². The van der Waals surface area contributed by atoms with Crippen molar-refractivity contribution in [1.82, 2.24) is 0 Å². The Labute approximate surface area is 120 Å². The molecule has 20 heavy (non-hydrogen) atoms. The number of nitrogens with two attached hydrogens (primary N) is 1. The lowest BCUT2D eigenvalue weighted by molar-refractivity contribution is 0.281. The minimum absolute atomic E-state index is 0.0741. The first kappa shape index (κ1) is 14.2. The molecule has 5 nitrogen and oxygen atoms in total. The van der Waals surface area contributed by atoms with Crippen molar-refractivity contribution in [3.05, 3.63) is 58.6 Å². The minimum Gasteiger partial charge on any atom is -0.457 e. The first-order valence-corrected chi connectivity index (χ1v) is 6.17. The van der Waals surface area contributed by atoms with Crippen molar-refractivity contribution in [3.8, 4) is 11.5 Å². The Morgan fingerprint density at radius 2 is 2.05 bits per heavy atom. The van der Waals surface area contributed by atoms with Gasteiger partial charge in [0.15, 0.2) is 5.84 Å². The van der Waals surface area contributed by atoms with E-state index in [2.05, 4.69) is 5.16 Å². The summed E-state index contributed by atoms with van der Waals surface area (Å²) in [5.74, 6) is 0.809. The lowest BCUT2D eigenvalue weighted by Crippen LogP contribution is -2.14. The van der Waals surface area contributed by atoms with Crippen LogP contribution in [-0.4, -0.2) is 16.1 Å². The molecule has 0 radical (unpaired) electrons. The van der Waals surface area contributed by atoms with E-state index < -0.39 is 0 Å². The zero-order valence-corrected chi connectivity index (χ0v) is 11.2. The molecule has 0 heterocycles. The van der Waals surface area contributed by atoms with Gasteiger partial charge in [-0.3, -0.25) is 0 Å². The van der Waals surface area contributed by atoms with Crippen LogP contribution >= 0.6 is 11.6 Å². The van der Waals surface area contributed by atoms with Crippen molar-refractivity contribution in [3.63, 3.8) is 0 Å². The van der Waals surface area contributed by atoms with Crippen LogP contribution in [0.1, 0.15) is 11.1 Å². The normalized spacial score (nSPS) is 11.4. The molecule has 4 N–H and O–H groups in total. The summed E-state index contributed by atoms with van der Waals surface area (Å²) in [5, 5.41) is 21.3. The van der Waals surface area contributed by atoms with Gasteiger partial charge in [0.1, 0.15) is 11.5 Å². The summed E-state index contributed by atoms with van der Waals surface area (Å²) >= 11 is 5.93. The Kier molecular flexibility index (Phi) is 4.45. The average molecular weight is 293 g/mol. The van der Waals surface area contributed by atoms with Crippen LogP contribution in [-0.2, 0) is 6.61 Å². The number of aliphatic hydroxyl groups excluding tert-OH is 1. The second-order valence-corrected chi connectivity index (χ2v) is 4.47.